The van der Waals surface area contributed by atoms with E-state index in [1.165, 1.54) is 16.4 Å². The Kier molecular flexibility index (Phi) is 5.42. The van der Waals surface area contributed by atoms with Crippen LogP contribution in [0.15, 0.2) is 30.5 Å². The number of aromatic carboxylic acids is 1. The Morgan fingerprint density at radius 3 is 2.81 bits per heavy atom. The first-order valence-corrected chi connectivity index (χ1v) is 6.60. The molecule has 0 aliphatic carbocycles. The van der Waals surface area contributed by atoms with Crippen molar-refractivity contribution < 1.29 is 14.6 Å². The van der Waals surface area contributed by atoms with E-state index in [-0.39, 0.29) is 5.69 Å². The number of carboxylic acids is 1. The van der Waals surface area contributed by atoms with Crippen LogP contribution in [-0.2, 0) is 24.4 Å². The van der Waals surface area contributed by atoms with Gasteiger partial charge in [-0.05, 0) is 11.1 Å². The fourth-order valence-corrected chi connectivity index (χ4v) is 1.95. The van der Waals surface area contributed by atoms with E-state index in [1.807, 2.05) is 18.2 Å². The molecule has 112 valence electrons. The van der Waals surface area contributed by atoms with Gasteiger partial charge in [-0.3, -0.25) is 4.68 Å². The summed E-state index contributed by atoms with van der Waals surface area (Å²) in [6.07, 6.45) is 1.42. The largest absolute Gasteiger partial charge is 0.476 e. The third-order valence-electron chi connectivity index (χ3n) is 3.01. The van der Waals surface area contributed by atoms with Gasteiger partial charge in [-0.1, -0.05) is 29.5 Å². The molecule has 0 saturated carbocycles. The second kappa shape index (κ2) is 7.51. The molecule has 0 radical (unpaired) electrons. The maximum Gasteiger partial charge on any atom is 0.358 e. The lowest BCUT2D eigenvalue weighted by molar-refractivity contribution is 0.0690. The SMILES string of the molecule is COCc1ccccc1CNCCn1cc(C(=O)O)nn1. The van der Waals surface area contributed by atoms with Crippen LogP contribution < -0.4 is 5.32 Å². The Balaban J connectivity index is 1.80. The van der Waals surface area contributed by atoms with Crippen LogP contribution in [0.2, 0.25) is 0 Å². The fraction of sp³-hybridized carbons (Fsp3) is 0.357. The zero-order valence-electron chi connectivity index (χ0n) is 11.8. The van der Waals surface area contributed by atoms with Crippen molar-refractivity contribution in [2.75, 3.05) is 13.7 Å². The van der Waals surface area contributed by atoms with Gasteiger partial charge in [-0.2, -0.15) is 0 Å². The van der Waals surface area contributed by atoms with Crippen molar-refractivity contribution in [3.63, 3.8) is 0 Å². The Hall–Kier alpha value is -2.25. The lowest BCUT2D eigenvalue weighted by atomic mass is 10.1. The molecule has 0 saturated heterocycles. The number of carbonyl (C=O) groups is 1. The van der Waals surface area contributed by atoms with Crippen LogP contribution >= 0.6 is 0 Å². The molecular formula is C14H18N4O3. The van der Waals surface area contributed by atoms with E-state index >= 15 is 0 Å². The molecule has 2 aromatic rings. The van der Waals surface area contributed by atoms with E-state index in [2.05, 4.69) is 21.7 Å². The van der Waals surface area contributed by atoms with Crippen molar-refractivity contribution in [3.8, 4) is 0 Å². The van der Waals surface area contributed by atoms with Gasteiger partial charge in [0.15, 0.2) is 5.69 Å². The molecule has 7 nitrogen and oxygen atoms in total. The molecule has 0 unspecified atom stereocenters. The molecule has 1 aromatic carbocycles. The first-order chi connectivity index (χ1) is 10.2. The Bertz CT molecular complexity index is 597. The average Bonchev–Trinajstić information content (AvgIpc) is 2.94. The molecule has 1 heterocycles. The maximum atomic E-state index is 10.7. The molecule has 21 heavy (non-hydrogen) atoms. The second-order valence-electron chi connectivity index (χ2n) is 4.55. The highest BCUT2D eigenvalue weighted by atomic mass is 16.5. The highest BCUT2D eigenvalue weighted by Gasteiger charge is 2.07. The highest BCUT2D eigenvalue weighted by Crippen LogP contribution is 2.09. The summed E-state index contributed by atoms with van der Waals surface area (Å²) in [5.41, 5.74) is 2.30. The normalized spacial score (nSPS) is 10.7. The monoisotopic (exact) mass is 290 g/mol. The van der Waals surface area contributed by atoms with Gasteiger partial charge in [0, 0.05) is 20.2 Å². The van der Waals surface area contributed by atoms with Gasteiger partial charge in [0.05, 0.1) is 19.3 Å². The van der Waals surface area contributed by atoms with Crippen LogP contribution in [0.5, 0.6) is 0 Å². The zero-order chi connectivity index (χ0) is 15.1. The van der Waals surface area contributed by atoms with Gasteiger partial charge in [0.25, 0.3) is 0 Å². The van der Waals surface area contributed by atoms with Crippen LogP contribution in [0.3, 0.4) is 0 Å². The lowest BCUT2D eigenvalue weighted by Crippen LogP contribution is -2.20. The van der Waals surface area contributed by atoms with Gasteiger partial charge < -0.3 is 15.2 Å². The van der Waals surface area contributed by atoms with Crippen molar-refractivity contribution in [2.45, 2.75) is 19.7 Å². The standard InChI is InChI=1S/C14H18N4O3/c1-21-10-12-5-3-2-4-11(12)8-15-6-7-18-9-13(14(19)20)16-17-18/h2-5,9,15H,6-8,10H2,1H3,(H,19,20). The van der Waals surface area contributed by atoms with Gasteiger partial charge >= 0.3 is 5.97 Å². The number of methoxy groups -OCH3 is 1. The Morgan fingerprint density at radius 2 is 2.14 bits per heavy atom. The van der Waals surface area contributed by atoms with Crippen LogP contribution in [0.4, 0.5) is 0 Å². The summed E-state index contributed by atoms with van der Waals surface area (Å²) in [5, 5.41) is 19.4. The van der Waals surface area contributed by atoms with E-state index in [1.54, 1.807) is 7.11 Å². The first-order valence-electron chi connectivity index (χ1n) is 6.60. The molecule has 0 bridgehead atoms. The maximum absolute atomic E-state index is 10.7. The predicted octanol–water partition coefficient (Wildman–Crippen LogP) is 0.913. The molecule has 0 amide bonds. The zero-order valence-corrected chi connectivity index (χ0v) is 11.8. The number of ether oxygens (including phenoxy) is 1. The van der Waals surface area contributed by atoms with Crippen molar-refractivity contribution in [2.24, 2.45) is 0 Å². The summed E-state index contributed by atoms with van der Waals surface area (Å²) < 4.78 is 6.67. The van der Waals surface area contributed by atoms with Crippen molar-refractivity contribution in [1.82, 2.24) is 20.3 Å². The van der Waals surface area contributed by atoms with Crippen molar-refractivity contribution >= 4 is 5.97 Å². The first kappa shape index (κ1) is 15.1. The number of nitrogens with one attached hydrogen (secondary N) is 1. The molecular weight excluding hydrogens is 272 g/mol. The molecule has 0 atom stereocenters. The molecule has 2 rings (SSSR count). The fourth-order valence-electron chi connectivity index (χ4n) is 1.95. The second-order valence-corrected chi connectivity index (χ2v) is 4.55. The minimum atomic E-state index is -1.07. The highest BCUT2D eigenvalue weighted by molar-refractivity contribution is 5.84. The van der Waals surface area contributed by atoms with E-state index in [0.29, 0.717) is 19.7 Å². The quantitative estimate of drug-likeness (QED) is 0.703. The van der Waals surface area contributed by atoms with Crippen LogP contribution in [0.1, 0.15) is 21.6 Å². The van der Waals surface area contributed by atoms with Gasteiger partial charge in [0.2, 0.25) is 0 Å². The van der Waals surface area contributed by atoms with E-state index in [9.17, 15) is 4.79 Å². The minimum Gasteiger partial charge on any atom is -0.476 e. The Morgan fingerprint density at radius 1 is 1.38 bits per heavy atom. The van der Waals surface area contributed by atoms with Crippen molar-refractivity contribution in [1.29, 1.82) is 0 Å². The topological polar surface area (TPSA) is 89.3 Å². The number of hydrogen-bond donors (Lipinski definition) is 2. The summed E-state index contributed by atoms with van der Waals surface area (Å²) in [7, 11) is 1.68. The molecule has 7 heteroatoms. The smallest absolute Gasteiger partial charge is 0.358 e. The summed E-state index contributed by atoms with van der Waals surface area (Å²) in [6, 6.07) is 8.07. The lowest BCUT2D eigenvalue weighted by Gasteiger charge is -2.09. The molecule has 1 aromatic heterocycles. The number of rotatable bonds is 8. The number of nitrogens with zero attached hydrogens (tertiary/aromatic N) is 3. The van der Waals surface area contributed by atoms with E-state index < -0.39 is 5.97 Å². The third-order valence-corrected chi connectivity index (χ3v) is 3.01. The summed E-state index contributed by atoms with van der Waals surface area (Å²) in [6.45, 7) is 2.54. The number of carboxylic acid groups (broad SMARTS) is 1. The van der Waals surface area contributed by atoms with Gasteiger partial charge in [-0.25, -0.2) is 4.79 Å². The molecule has 0 aliphatic rings. The number of benzene rings is 1. The van der Waals surface area contributed by atoms with Crippen LogP contribution in [0.25, 0.3) is 0 Å². The molecule has 0 aliphatic heterocycles. The molecule has 2 N–H and O–H groups in total. The average molecular weight is 290 g/mol. The number of aromatic nitrogens is 3. The molecule has 0 spiro atoms. The predicted molar refractivity (Wildman–Crippen MR) is 75.8 cm³/mol. The van der Waals surface area contributed by atoms with Gasteiger partial charge in [-0.15, -0.1) is 5.10 Å². The van der Waals surface area contributed by atoms with Crippen LogP contribution in [-0.4, -0.2) is 39.7 Å². The number of hydrogen-bond acceptors (Lipinski definition) is 5. The summed E-state index contributed by atoms with van der Waals surface area (Å²) >= 11 is 0. The Labute approximate surface area is 122 Å². The third kappa shape index (κ3) is 4.37. The van der Waals surface area contributed by atoms with Crippen LogP contribution in [0, 0.1) is 0 Å². The minimum absolute atomic E-state index is 0.0413. The van der Waals surface area contributed by atoms with Crippen molar-refractivity contribution in [3.05, 3.63) is 47.3 Å². The summed E-state index contributed by atoms with van der Waals surface area (Å²) in [4.78, 5) is 10.7. The van der Waals surface area contributed by atoms with E-state index in [4.69, 9.17) is 9.84 Å². The molecule has 0 fully saturated rings. The summed E-state index contributed by atoms with van der Waals surface area (Å²) in [5.74, 6) is -1.07. The van der Waals surface area contributed by atoms with Gasteiger partial charge in [0.1, 0.15) is 0 Å². The van der Waals surface area contributed by atoms with E-state index in [0.717, 1.165) is 12.1 Å².